The second-order valence-electron chi connectivity index (χ2n) is 30.6. The zero-order valence-electron chi connectivity index (χ0n) is 63.5. The molecule has 121 heavy (non-hydrogen) atoms. The molecule has 53 atom stereocenters. The highest BCUT2D eigenvalue weighted by Gasteiger charge is 2.61. The van der Waals surface area contributed by atoms with Gasteiger partial charge >= 0.3 is 0 Å². The Morgan fingerprint density at radius 1 is 0.182 bits per heavy atom. The van der Waals surface area contributed by atoms with E-state index in [0.717, 1.165) is 0 Å². The minimum Gasteiger partial charge on any atom is -0.394 e. The fraction of sp³-hybridized carbons (Fsp3) is 1.00. The van der Waals surface area contributed by atoms with E-state index in [1.807, 2.05) is 0 Å². The Kier molecular flexibility index (Phi) is 35.9. The average Bonchev–Trinajstić information content (AvgIpc) is 1.70. The van der Waals surface area contributed by atoms with E-state index in [9.17, 15) is 169 Å². The van der Waals surface area contributed by atoms with Crippen LogP contribution in [0.25, 0.3) is 0 Å². The van der Waals surface area contributed by atoms with Gasteiger partial charge in [0.25, 0.3) is 0 Å². The van der Waals surface area contributed by atoms with Crippen molar-refractivity contribution in [3.8, 4) is 0 Å². The van der Waals surface area contributed by atoms with Gasteiger partial charge in [-0.05, 0) is 0 Å². The van der Waals surface area contributed by atoms with Gasteiger partial charge in [-0.1, -0.05) is 0 Å². The summed E-state index contributed by atoms with van der Waals surface area (Å²) >= 11 is 0. The van der Waals surface area contributed by atoms with Crippen LogP contribution >= 0.6 is 0 Å². The Morgan fingerprint density at radius 3 is 0.711 bits per heavy atom. The van der Waals surface area contributed by atoms with Crippen molar-refractivity contribution in [1.82, 2.24) is 0 Å². The molecule has 33 N–H and O–H groups in total. The quantitative estimate of drug-likeness (QED) is 0.0275. The number of hydrogen-bond acceptors (Lipinski definition) is 55. The molecule has 706 valence electrons. The first-order valence-corrected chi connectivity index (χ1v) is 38.6. The predicted octanol–water partition coefficient (Wildman–Crippen LogP) is -23.7. The Hall–Kier alpha value is -2.20. The van der Waals surface area contributed by atoms with Crippen molar-refractivity contribution in [3.63, 3.8) is 0 Å². The Morgan fingerprint density at radius 2 is 0.397 bits per heavy atom. The third kappa shape index (κ3) is 21.4. The Labute approximate surface area is 682 Å². The minimum atomic E-state index is -2.18. The van der Waals surface area contributed by atoms with Gasteiger partial charge in [0.05, 0.1) is 85.9 Å². The van der Waals surface area contributed by atoms with E-state index >= 15 is 0 Å². The van der Waals surface area contributed by atoms with Crippen molar-refractivity contribution >= 4 is 0 Å². The van der Waals surface area contributed by atoms with E-state index in [-0.39, 0.29) is 0 Å². The lowest BCUT2D eigenvalue weighted by Gasteiger charge is -2.48. The van der Waals surface area contributed by atoms with Crippen LogP contribution in [-0.4, -0.2) is 580 Å². The molecule has 0 bridgehead atoms. The first-order chi connectivity index (χ1) is 57.5. The van der Waals surface area contributed by atoms with Crippen molar-refractivity contribution in [1.29, 1.82) is 0 Å². The first kappa shape index (κ1) is 99.4. The molecule has 0 aliphatic carbocycles. The van der Waals surface area contributed by atoms with Crippen LogP contribution in [0.2, 0.25) is 0 Å². The second-order valence-corrected chi connectivity index (χ2v) is 30.6. The van der Waals surface area contributed by atoms with E-state index in [2.05, 4.69) is 0 Å². The molecular formula is C66H112O55. The molecule has 11 aliphatic rings. The summed E-state index contributed by atoms with van der Waals surface area (Å²) in [6, 6.07) is 0. The normalized spacial score (nSPS) is 51.3. The molecule has 11 saturated heterocycles. The second kappa shape index (κ2) is 43.7. The monoisotopic (exact) mass is 1780 g/mol. The van der Waals surface area contributed by atoms with Gasteiger partial charge < -0.3 is 273 Å². The van der Waals surface area contributed by atoms with Gasteiger partial charge in [-0.3, -0.25) is 0 Å². The Balaban J connectivity index is 0.763. The smallest absolute Gasteiger partial charge is 0.187 e. The van der Waals surface area contributed by atoms with Crippen molar-refractivity contribution in [2.45, 2.75) is 326 Å². The zero-order chi connectivity index (χ0) is 88.3. The summed E-state index contributed by atoms with van der Waals surface area (Å²) in [4.78, 5) is 0. The van der Waals surface area contributed by atoms with Crippen LogP contribution in [0.3, 0.4) is 0 Å². The summed E-state index contributed by atoms with van der Waals surface area (Å²) in [7, 11) is 0. The molecule has 0 amide bonds. The molecule has 11 rings (SSSR count). The molecule has 0 aromatic carbocycles. The van der Waals surface area contributed by atoms with Gasteiger partial charge in [0.2, 0.25) is 0 Å². The highest BCUT2D eigenvalue weighted by Crippen LogP contribution is 2.41. The summed E-state index contributed by atoms with van der Waals surface area (Å²) in [5, 5.41) is 355. The van der Waals surface area contributed by atoms with Crippen LogP contribution in [-0.2, 0) is 104 Å². The fourth-order valence-electron chi connectivity index (χ4n) is 15.3. The van der Waals surface area contributed by atoms with Gasteiger partial charge in [0, 0.05) is 0 Å². The molecule has 0 saturated carbocycles. The SMILES string of the molecule is OC[C@@H](O)[C@H](O)[C@H](O)CO[C@H]1O[C@H](CO[C@H]2O[C@H](CO)[C@@H](O)[C@@H]2O[C@@H]2O[C@H](CO[C@H]3O[C@H](CO)[C@@H](O)[C@H](O)[C@@H]3O[C@H]3O[C@H](CO)[C@@H](O)[C@H](O)[C@@H]3O[C@H]3O[C@H](CO)[C@@H](O)[C@H](O)[C@@H]3O)[C@@H](O)[C@@H]2O)[C@@H](O[C@H]2O[C@H](CO)[C@@H](O)[C@@H]2O[C@@H]2O[C@H](CO[C@H]3O[C@H](CO)[C@@H](O)[C@H](O)[C@@H]3O[C@H]3O[C@H](CO)[C@@H](O)[C@H](O)[C@@H]3O[C@H]3O[C@H](CO)[C@@H](O)[C@H](O)[C@@H]3O)[C@@H](O)[C@@H]2O)[C@@H]1O. The topological polar surface area (TPSA) is 871 Å². The van der Waals surface area contributed by atoms with Gasteiger partial charge in [0.15, 0.2) is 69.2 Å². The number of rotatable bonds is 37. The zero-order valence-corrected chi connectivity index (χ0v) is 63.5. The molecule has 11 aliphatic heterocycles. The van der Waals surface area contributed by atoms with Crippen LogP contribution in [0.15, 0.2) is 0 Å². The number of ether oxygens (including phenoxy) is 22. The molecule has 0 spiro atoms. The summed E-state index contributed by atoms with van der Waals surface area (Å²) in [6.45, 7) is -12.8. The first-order valence-electron chi connectivity index (χ1n) is 38.6. The molecular weight excluding hydrogens is 1670 g/mol. The van der Waals surface area contributed by atoms with Crippen LogP contribution < -0.4 is 0 Å². The molecule has 0 unspecified atom stereocenters. The number of aliphatic hydroxyl groups excluding tert-OH is 33. The Bertz CT molecular complexity index is 3070. The summed E-state index contributed by atoms with van der Waals surface area (Å²) < 4.78 is 128. The standard InChI is InChI=1S/C66H112O55/c67-1-14(76)27(78)15(77)10-100-56-48(99)49(115-64-51(37(88)23(9-75)111-64)117-58-45(96)35(86)25(113-58)12-102-63-53(41(92)31(82)19(5-71)107-63)121-66-55(43(94)33(84)21(7-73)110-66)119-60-47(98)39(90)29(80)17(3-69)105-60)26(114-56)13-103-61-50(36(87)22(8-74)108-61)116-57-44(95)34(85)24(112-57)11-101-62-52(40(91)30(81)18(4-70)106-62)120-65-54(42(93)32(83)20(6-72)109-65)118-59-46(97)38(89)28(79)16(2-68)104-59/h14-99H,1-13H2/t14-,15-,16-,17-,18-,19-,20-,21-,22-,23-,24-,25-,26-,27+,28-,29-,30-,31-,32-,33-,34-,35-,36-,37-,38+,39+,40+,41+,42+,43+,44+,45+,46+,47+,48+,49-,50+,51+,52+,53+,54+,55+,56+,57+,58+,59-,60-,61+,62+,63+,64-,65-,66-/m1/s1. The van der Waals surface area contributed by atoms with Crippen LogP contribution in [0.4, 0.5) is 0 Å². The lowest BCUT2D eigenvalue weighted by atomic mass is 9.96. The maximum Gasteiger partial charge on any atom is 0.187 e. The number of hydrogen-bond donors (Lipinski definition) is 33. The number of aliphatic hydroxyl groups is 33. The fourth-order valence-corrected chi connectivity index (χ4v) is 15.3. The molecule has 55 heteroatoms. The van der Waals surface area contributed by atoms with Crippen LogP contribution in [0.1, 0.15) is 0 Å². The van der Waals surface area contributed by atoms with Crippen molar-refractivity contribution in [3.05, 3.63) is 0 Å². The molecule has 0 aromatic heterocycles. The lowest BCUT2D eigenvalue weighted by molar-refractivity contribution is -0.394. The maximum absolute atomic E-state index is 12.0. The highest BCUT2D eigenvalue weighted by atomic mass is 16.8. The lowest BCUT2D eigenvalue weighted by Crippen LogP contribution is -2.67. The summed E-state index contributed by atoms with van der Waals surface area (Å²) in [6.07, 6.45) is -104. The van der Waals surface area contributed by atoms with Crippen molar-refractivity contribution < 1.29 is 273 Å². The molecule has 11 fully saturated rings. The van der Waals surface area contributed by atoms with E-state index in [4.69, 9.17) is 104 Å². The van der Waals surface area contributed by atoms with E-state index in [0.29, 0.717) is 0 Å². The van der Waals surface area contributed by atoms with Crippen molar-refractivity contribution in [2.24, 2.45) is 0 Å². The minimum absolute atomic E-state index is 0.928. The highest BCUT2D eigenvalue weighted by molar-refractivity contribution is 5.03. The average molecular weight is 1790 g/mol. The van der Waals surface area contributed by atoms with Gasteiger partial charge in [-0.2, -0.15) is 0 Å². The van der Waals surface area contributed by atoms with Gasteiger partial charge in [-0.15, -0.1) is 0 Å². The predicted molar refractivity (Wildman–Crippen MR) is 361 cm³/mol. The summed E-state index contributed by atoms with van der Waals surface area (Å²) in [5.74, 6) is 0. The van der Waals surface area contributed by atoms with Gasteiger partial charge in [-0.25, -0.2) is 0 Å². The van der Waals surface area contributed by atoms with Crippen LogP contribution in [0.5, 0.6) is 0 Å². The molecule has 0 radical (unpaired) electrons. The third-order valence-corrected chi connectivity index (χ3v) is 22.6. The van der Waals surface area contributed by atoms with E-state index in [1.54, 1.807) is 0 Å². The largest absolute Gasteiger partial charge is 0.394 e. The maximum atomic E-state index is 12.0. The van der Waals surface area contributed by atoms with E-state index in [1.165, 1.54) is 0 Å². The van der Waals surface area contributed by atoms with Crippen LogP contribution in [0, 0.1) is 0 Å². The summed E-state index contributed by atoms with van der Waals surface area (Å²) in [5.41, 5.74) is 0. The van der Waals surface area contributed by atoms with Crippen molar-refractivity contribution in [2.75, 3.05) is 85.9 Å². The molecule has 11 heterocycles. The third-order valence-electron chi connectivity index (χ3n) is 22.6. The van der Waals surface area contributed by atoms with E-state index < -0.39 is 411 Å². The molecule has 0 aromatic rings. The van der Waals surface area contributed by atoms with Gasteiger partial charge in [0.1, 0.15) is 256 Å². The molecule has 55 nitrogen and oxygen atoms in total.